The normalized spacial score (nSPS) is 12.8. The Morgan fingerprint density at radius 2 is 1.90 bits per heavy atom. The van der Waals surface area contributed by atoms with E-state index in [0.717, 1.165) is 15.8 Å². The molecule has 0 amide bonds. The summed E-state index contributed by atoms with van der Waals surface area (Å²) in [6, 6.07) is 15.2. The van der Waals surface area contributed by atoms with E-state index in [9.17, 15) is 5.11 Å². The maximum Gasteiger partial charge on any atom is 0.153 e. The van der Waals surface area contributed by atoms with Gasteiger partial charge in [-0.3, -0.25) is 0 Å². The standard InChI is InChI=1S/C16H13ClO2S/c1-20-12-7-5-10(6-8-12)15(18)14-9-11-3-2-4-13(17)16(11)19-14/h2-9,15,18H,1H3. The summed E-state index contributed by atoms with van der Waals surface area (Å²) in [5.41, 5.74) is 1.42. The smallest absolute Gasteiger partial charge is 0.153 e. The Hall–Kier alpha value is -1.42. The zero-order valence-electron chi connectivity index (χ0n) is 10.8. The molecule has 2 nitrogen and oxygen atoms in total. The van der Waals surface area contributed by atoms with E-state index in [0.29, 0.717) is 16.4 Å². The number of aliphatic hydroxyl groups excluding tert-OH is 1. The Morgan fingerprint density at radius 3 is 2.55 bits per heavy atom. The van der Waals surface area contributed by atoms with Gasteiger partial charge in [-0.25, -0.2) is 0 Å². The fourth-order valence-electron chi connectivity index (χ4n) is 2.13. The van der Waals surface area contributed by atoms with Gasteiger partial charge in [0.05, 0.1) is 5.02 Å². The van der Waals surface area contributed by atoms with Crippen molar-refractivity contribution in [3.63, 3.8) is 0 Å². The summed E-state index contributed by atoms with van der Waals surface area (Å²) >= 11 is 7.75. The summed E-state index contributed by atoms with van der Waals surface area (Å²) in [7, 11) is 0. The van der Waals surface area contributed by atoms with Gasteiger partial charge in [-0.05, 0) is 36.1 Å². The molecule has 0 aliphatic heterocycles. The number of halogens is 1. The van der Waals surface area contributed by atoms with Crippen molar-refractivity contribution in [2.75, 3.05) is 6.26 Å². The van der Waals surface area contributed by atoms with Crippen LogP contribution in [-0.4, -0.2) is 11.4 Å². The molecule has 2 aromatic carbocycles. The van der Waals surface area contributed by atoms with Gasteiger partial charge in [-0.1, -0.05) is 35.9 Å². The van der Waals surface area contributed by atoms with E-state index in [2.05, 4.69) is 0 Å². The minimum Gasteiger partial charge on any atom is -0.456 e. The minimum absolute atomic E-state index is 0.505. The van der Waals surface area contributed by atoms with Gasteiger partial charge >= 0.3 is 0 Å². The van der Waals surface area contributed by atoms with Crippen molar-refractivity contribution in [2.24, 2.45) is 0 Å². The van der Waals surface area contributed by atoms with Crippen LogP contribution in [0.15, 0.2) is 57.8 Å². The second-order valence-corrected chi connectivity index (χ2v) is 5.77. The zero-order chi connectivity index (χ0) is 14.1. The molecule has 1 heterocycles. The Bertz CT molecular complexity index is 734. The van der Waals surface area contributed by atoms with Gasteiger partial charge < -0.3 is 9.52 Å². The first kappa shape index (κ1) is 13.6. The van der Waals surface area contributed by atoms with E-state index >= 15 is 0 Å². The molecular weight excluding hydrogens is 292 g/mol. The summed E-state index contributed by atoms with van der Waals surface area (Å²) in [5, 5.41) is 11.9. The molecule has 1 N–H and O–H groups in total. The van der Waals surface area contributed by atoms with Gasteiger partial charge in [0.15, 0.2) is 5.58 Å². The summed E-state index contributed by atoms with van der Waals surface area (Å²) in [4.78, 5) is 1.16. The van der Waals surface area contributed by atoms with Crippen LogP contribution in [-0.2, 0) is 0 Å². The van der Waals surface area contributed by atoms with Crippen molar-refractivity contribution in [1.82, 2.24) is 0 Å². The molecule has 3 aromatic rings. The predicted octanol–water partition coefficient (Wildman–Crippen LogP) is 4.89. The first-order valence-corrected chi connectivity index (χ1v) is 7.79. The first-order chi connectivity index (χ1) is 9.69. The molecule has 4 heteroatoms. The third-order valence-corrected chi connectivity index (χ3v) is 4.26. The van der Waals surface area contributed by atoms with Crippen molar-refractivity contribution >= 4 is 34.3 Å². The van der Waals surface area contributed by atoms with Crippen molar-refractivity contribution in [1.29, 1.82) is 0 Å². The van der Waals surface area contributed by atoms with Crippen molar-refractivity contribution in [2.45, 2.75) is 11.0 Å². The largest absolute Gasteiger partial charge is 0.456 e. The van der Waals surface area contributed by atoms with Crippen LogP contribution in [0.25, 0.3) is 11.0 Å². The average Bonchev–Trinajstić information content (AvgIpc) is 2.92. The van der Waals surface area contributed by atoms with Crippen molar-refractivity contribution in [3.05, 3.63) is 64.9 Å². The Labute approximate surface area is 126 Å². The number of thioether (sulfide) groups is 1. The van der Waals surface area contributed by atoms with Gasteiger partial charge in [-0.15, -0.1) is 11.8 Å². The Balaban J connectivity index is 1.98. The highest BCUT2D eigenvalue weighted by atomic mass is 35.5. The number of furan rings is 1. The number of para-hydroxylation sites is 1. The van der Waals surface area contributed by atoms with Crippen LogP contribution in [0.2, 0.25) is 5.02 Å². The van der Waals surface area contributed by atoms with Crippen LogP contribution < -0.4 is 0 Å². The molecule has 3 rings (SSSR count). The number of fused-ring (bicyclic) bond motifs is 1. The number of benzene rings is 2. The number of rotatable bonds is 3. The quantitative estimate of drug-likeness (QED) is 0.699. The summed E-state index contributed by atoms with van der Waals surface area (Å²) in [5.74, 6) is 0.505. The van der Waals surface area contributed by atoms with E-state index in [1.807, 2.05) is 48.7 Å². The molecule has 0 radical (unpaired) electrons. The van der Waals surface area contributed by atoms with Crippen LogP contribution in [0.3, 0.4) is 0 Å². The molecule has 0 bridgehead atoms. The first-order valence-electron chi connectivity index (χ1n) is 6.19. The van der Waals surface area contributed by atoms with Crippen LogP contribution in [0.4, 0.5) is 0 Å². The van der Waals surface area contributed by atoms with Crippen molar-refractivity contribution < 1.29 is 9.52 Å². The average molecular weight is 305 g/mol. The molecule has 0 aliphatic carbocycles. The van der Waals surface area contributed by atoms with Gasteiger partial charge in [-0.2, -0.15) is 0 Å². The molecule has 102 valence electrons. The lowest BCUT2D eigenvalue weighted by Gasteiger charge is -2.08. The molecule has 1 unspecified atom stereocenters. The highest BCUT2D eigenvalue weighted by Gasteiger charge is 2.16. The minimum atomic E-state index is -0.783. The summed E-state index contributed by atoms with van der Waals surface area (Å²) < 4.78 is 5.68. The second-order valence-electron chi connectivity index (χ2n) is 4.48. The van der Waals surface area contributed by atoms with E-state index in [1.54, 1.807) is 17.8 Å². The number of hydrogen-bond donors (Lipinski definition) is 1. The van der Waals surface area contributed by atoms with Crippen LogP contribution in [0.5, 0.6) is 0 Å². The molecule has 20 heavy (non-hydrogen) atoms. The zero-order valence-corrected chi connectivity index (χ0v) is 12.4. The topological polar surface area (TPSA) is 33.4 Å². The molecule has 0 aliphatic rings. The molecule has 0 spiro atoms. The van der Waals surface area contributed by atoms with E-state index in [1.165, 1.54) is 0 Å². The van der Waals surface area contributed by atoms with Crippen LogP contribution in [0.1, 0.15) is 17.4 Å². The highest BCUT2D eigenvalue weighted by Crippen LogP contribution is 2.32. The lowest BCUT2D eigenvalue weighted by molar-refractivity contribution is 0.192. The fraction of sp³-hybridized carbons (Fsp3) is 0.125. The van der Waals surface area contributed by atoms with E-state index in [-0.39, 0.29) is 0 Å². The predicted molar refractivity (Wildman–Crippen MR) is 83.5 cm³/mol. The van der Waals surface area contributed by atoms with Gasteiger partial charge in [0, 0.05) is 10.3 Å². The number of aliphatic hydroxyl groups is 1. The third kappa shape index (κ3) is 2.44. The number of hydrogen-bond acceptors (Lipinski definition) is 3. The Kier molecular flexibility index (Phi) is 3.74. The SMILES string of the molecule is CSc1ccc(C(O)c2cc3cccc(Cl)c3o2)cc1. The van der Waals surface area contributed by atoms with E-state index in [4.69, 9.17) is 16.0 Å². The lowest BCUT2D eigenvalue weighted by atomic mass is 10.1. The maximum absolute atomic E-state index is 10.4. The molecule has 0 saturated carbocycles. The van der Waals surface area contributed by atoms with Crippen molar-refractivity contribution in [3.8, 4) is 0 Å². The van der Waals surface area contributed by atoms with Crippen LogP contribution in [0, 0.1) is 0 Å². The third-order valence-electron chi connectivity index (χ3n) is 3.22. The lowest BCUT2D eigenvalue weighted by Crippen LogP contribution is -1.97. The van der Waals surface area contributed by atoms with E-state index < -0.39 is 6.10 Å². The maximum atomic E-state index is 10.4. The second kappa shape index (κ2) is 5.52. The van der Waals surface area contributed by atoms with Gasteiger partial charge in [0.2, 0.25) is 0 Å². The molecule has 1 aromatic heterocycles. The highest BCUT2D eigenvalue weighted by molar-refractivity contribution is 7.98. The fourth-order valence-corrected chi connectivity index (χ4v) is 2.76. The summed E-state index contributed by atoms with van der Waals surface area (Å²) in [6.45, 7) is 0. The molecule has 0 saturated heterocycles. The summed E-state index contributed by atoms with van der Waals surface area (Å²) in [6.07, 6.45) is 1.24. The molecule has 0 fully saturated rings. The van der Waals surface area contributed by atoms with Crippen LogP contribution >= 0.6 is 23.4 Å². The monoisotopic (exact) mass is 304 g/mol. The molecular formula is C16H13ClO2S. The Morgan fingerprint density at radius 1 is 1.15 bits per heavy atom. The molecule has 1 atom stereocenters. The van der Waals surface area contributed by atoms with Gasteiger partial charge in [0.1, 0.15) is 11.9 Å². The van der Waals surface area contributed by atoms with Gasteiger partial charge in [0.25, 0.3) is 0 Å².